The summed E-state index contributed by atoms with van der Waals surface area (Å²) in [6.45, 7) is -0.161. The number of carbonyl (C=O) groups is 1. The van der Waals surface area contributed by atoms with Crippen LogP contribution in [-0.2, 0) is 4.79 Å². The highest BCUT2D eigenvalue weighted by atomic mass is 35.5. The number of nitrogens with zero attached hydrogens (tertiary/aromatic N) is 1. The third-order valence-corrected chi connectivity index (χ3v) is 1.44. The second kappa shape index (κ2) is 4.04. The molecule has 0 unspecified atom stereocenters. The minimum Gasteiger partial charge on any atom is -0.368 e. The number of anilines is 1. The Bertz CT molecular complexity index is 332. The van der Waals surface area contributed by atoms with Crippen LogP contribution in [0.5, 0.6) is 0 Å². The first kappa shape index (κ1) is 9.73. The van der Waals surface area contributed by atoms with Crippen molar-refractivity contribution in [2.45, 2.75) is 0 Å². The van der Waals surface area contributed by atoms with Crippen LogP contribution in [0.2, 0.25) is 5.02 Å². The van der Waals surface area contributed by atoms with Gasteiger partial charge in [0.05, 0.1) is 11.6 Å². The maximum absolute atomic E-state index is 12.9. The molecule has 0 saturated heterocycles. The number of rotatable bonds is 3. The molecule has 1 aromatic rings. The maximum Gasteiger partial charge on any atom is 0.236 e. The quantitative estimate of drug-likeness (QED) is 0.763. The first-order chi connectivity index (χ1) is 6.09. The van der Waals surface area contributed by atoms with E-state index in [9.17, 15) is 9.18 Å². The number of aromatic nitrogens is 1. The molecule has 6 heteroatoms. The number of carbonyl (C=O) groups excluding carboxylic acids is 1. The molecule has 0 aromatic carbocycles. The third kappa shape index (κ3) is 2.87. The molecule has 70 valence electrons. The van der Waals surface area contributed by atoms with Crippen LogP contribution in [0.15, 0.2) is 12.3 Å². The summed E-state index contributed by atoms with van der Waals surface area (Å²) in [6.07, 6.45) is 1.27. The Hall–Kier alpha value is -1.36. The summed E-state index contributed by atoms with van der Waals surface area (Å²) in [5.41, 5.74) is 4.84. The predicted octanol–water partition coefficient (Wildman–Crippen LogP) is 0.771. The Labute approximate surface area is 78.9 Å². The fraction of sp³-hybridized carbons (Fsp3) is 0.143. The minimum atomic E-state index is -0.617. The molecule has 0 aliphatic heterocycles. The zero-order valence-electron chi connectivity index (χ0n) is 6.55. The molecule has 13 heavy (non-hydrogen) atoms. The smallest absolute Gasteiger partial charge is 0.236 e. The molecular formula is C7H7ClFN3O. The van der Waals surface area contributed by atoms with E-state index in [0.29, 0.717) is 0 Å². The number of pyridine rings is 1. The van der Waals surface area contributed by atoms with E-state index >= 15 is 0 Å². The molecule has 0 aliphatic carbocycles. The Kier molecular flexibility index (Phi) is 3.02. The topological polar surface area (TPSA) is 68.0 Å². The van der Waals surface area contributed by atoms with Crippen molar-refractivity contribution in [1.82, 2.24) is 4.98 Å². The normalized spacial score (nSPS) is 9.69. The van der Waals surface area contributed by atoms with E-state index in [1.54, 1.807) is 0 Å². The molecule has 1 rings (SSSR count). The van der Waals surface area contributed by atoms with E-state index in [1.165, 1.54) is 6.20 Å². The van der Waals surface area contributed by atoms with Gasteiger partial charge in [0.1, 0.15) is 0 Å². The molecular weight excluding hydrogens is 197 g/mol. The van der Waals surface area contributed by atoms with Crippen molar-refractivity contribution in [1.29, 1.82) is 0 Å². The van der Waals surface area contributed by atoms with Crippen molar-refractivity contribution in [2.24, 2.45) is 5.73 Å². The van der Waals surface area contributed by atoms with E-state index < -0.39 is 11.7 Å². The van der Waals surface area contributed by atoms with E-state index in [1.807, 2.05) is 0 Å². The van der Waals surface area contributed by atoms with Crippen molar-refractivity contribution in [3.63, 3.8) is 0 Å². The molecule has 0 bridgehead atoms. The van der Waals surface area contributed by atoms with Gasteiger partial charge in [0, 0.05) is 6.20 Å². The molecule has 4 nitrogen and oxygen atoms in total. The number of nitrogens with one attached hydrogen (secondary N) is 1. The predicted molar refractivity (Wildman–Crippen MR) is 46.9 cm³/mol. The van der Waals surface area contributed by atoms with Crippen LogP contribution in [0.1, 0.15) is 0 Å². The standard InChI is InChI=1S/C7H7ClFN3O/c8-4-1-5(9)7(11-2-4)12-3-6(10)13/h1-2H,3H2,(H2,10,13)(H,11,12). The molecule has 0 spiro atoms. The van der Waals surface area contributed by atoms with Crippen LogP contribution >= 0.6 is 11.6 Å². The van der Waals surface area contributed by atoms with E-state index in [4.69, 9.17) is 17.3 Å². The zero-order chi connectivity index (χ0) is 9.84. The van der Waals surface area contributed by atoms with Gasteiger partial charge in [0.25, 0.3) is 0 Å². The molecule has 0 atom stereocenters. The van der Waals surface area contributed by atoms with Gasteiger partial charge in [-0.3, -0.25) is 4.79 Å². The van der Waals surface area contributed by atoms with Gasteiger partial charge in [0.15, 0.2) is 11.6 Å². The average molecular weight is 204 g/mol. The van der Waals surface area contributed by atoms with Gasteiger partial charge in [-0.25, -0.2) is 9.37 Å². The van der Waals surface area contributed by atoms with Gasteiger partial charge >= 0.3 is 0 Å². The Morgan fingerprint density at radius 3 is 3.00 bits per heavy atom. The summed E-state index contributed by atoms with van der Waals surface area (Å²) in [7, 11) is 0. The number of amides is 1. The van der Waals surface area contributed by atoms with Crippen molar-refractivity contribution in [3.05, 3.63) is 23.1 Å². The Morgan fingerprint density at radius 2 is 2.46 bits per heavy atom. The molecule has 3 N–H and O–H groups in total. The largest absolute Gasteiger partial charge is 0.368 e. The molecule has 1 amide bonds. The fourth-order valence-corrected chi connectivity index (χ4v) is 0.860. The Balaban J connectivity index is 2.72. The molecule has 0 saturated carbocycles. The van der Waals surface area contributed by atoms with Gasteiger partial charge in [-0.2, -0.15) is 0 Å². The third-order valence-electron chi connectivity index (χ3n) is 1.24. The van der Waals surface area contributed by atoms with Crippen LogP contribution in [0.3, 0.4) is 0 Å². The van der Waals surface area contributed by atoms with Crippen molar-refractivity contribution >= 4 is 23.3 Å². The number of halogens is 2. The monoisotopic (exact) mass is 203 g/mol. The van der Waals surface area contributed by atoms with Crippen LogP contribution in [-0.4, -0.2) is 17.4 Å². The van der Waals surface area contributed by atoms with Crippen LogP contribution in [0.4, 0.5) is 10.2 Å². The van der Waals surface area contributed by atoms with E-state index in [-0.39, 0.29) is 17.4 Å². The van der Waals surface area contributed by atoms with Gasteiger partial charge in [-0.05, 0) is 6.07 Å². The fourth-order valence-electron chi connectivity index (χ4n) is 0.715. The second-order valence-electron chi connectivity index (χ2n) is 2.30. The Morgan fingerprint density at radius 1 is 1.77 bits per heavy atom. The van der Waals surface area contributed by atoms with E-state index in [2.05, 4.69) is 10.3 Å². The highest BCUT2D eigenvalue weighted by molar-refractivity contribution is 6.30. The van der Waals surface area contributed by atoms with Crippen LogP contribution < -0.4 is 11.1 Å². The highest BCUT2D eigenvalue weighted by Gasteiger charge is 2.04. The summed E-state index contributed by atoms with van der Waals surface area (Å²) in [6, 6.07) is 1.10. The lowest BCUT2D eigenvalue weighted by Crippen LogP contribution is -2.22. The highest BCUT2D eigenvalue weighted by Crippen LogP contribution is 2.14. The van der Waals surface area contributed by atoms with Crippen molar-refractivity contribution < 1.29 is 9.18 Å². The van der Waals surface area contributed by atoms with Crippen LogP contribution in [0, 0.1) is 5.82 Å². The average Bonchev–Trinajstić information content (AvgIpc) is 2.02. The van der Waals surface area contributed by atoms with Crippen molar-refractivity contribution in [2.75, 3.05) is 11.9 Å². The minimum absolute atomic E-state index is 0.0387. The number of hydrogen-bond acceptors (Lipinski definition) is 3. The summed E-state index contributed by atoms with van der Waals surface area (Å²) < 4.78 is 12.9. The van der Waals surface area contributed by atoms with Gasteiger partial charge in [-0.15, -0.1) is 0 Å². The first-order valence-corrected chi connectivity index (χ1v) is 3.80. The molecule has 0 fully saturated rings. The van der Waals surface area contributed by atoms with E-state index in [0.717, 1.165) is 6.07 Å². The second-order valence-corrected chi connectivity index (χ2v) is 2.74. The lowest BCUT2D eigenvalue weighted by molar-refractivity contribution is -0.116. The number of primary amides is 1. The van der Waals surface area contributed by atoms with Gasteiger partial charge in [0.2, 0.25) is 5.91 Å². The van der Waals surface area contributed by atoms with Gasteiger partial charge in [-0.1, -0.05) is 11.6 Å². The maximum atomic E-state index is 12.9. The summed E-state index contributed by atoms with van der Waals surface area (Å²) in [5, 5.41) is 2.62. The lowest BCUT2D eigenvalue weighted by atomic mass is 10.4. The zero-order valence-corrected chi connectivity index (χ0v) is 7.31. The molecule has 1 heterocycles. The number of hydrogen-bond donors (Lipinski definition) is 2. The SMILES string of the molecule is NC(=O)CNc1ncc(Cl)cc1F. The molecule has 1 aromatic heterocycles. The lowest BCUT2D eigenvalue weighted by Gasteiger charge is -2.03. The summed E-state index contributed by atoms with van der Waals surface area (Å²) in [4.78, 5) is 14.0. The summed E-state index contributed by atoms with van der Waals surface area (Å²) in [5.74, 6) is -1.24. The molecule has 0 radical (unpaired) electrons. The number of nitrogens with two attached hydrogens (primary N) is 1. The first-order valence-electron chi connectivity index (χ1n) is 3.43. The van der Waals surface area contributed by atoms with Crippen molar-refractivity contribution in [3.8, 4) is 0 Å². The van der Waals surface area contributed by atoms with Gasteiger partial charge < -0.3 is 11.1 Å². The van der Waals surface area contributed by atoms with Crippen LogP contribution in [0.25, 0.3) is 0 Å². The summed E-state index contributed by atoms with van der Waals surface area (Å²) >= 11 is 5.46. The molecule has 0 aliphatic rings.